The van der Waals surface area contributed by atoms with Crippen molar-refractivity contribution in [2.24, 2.45) is 0 Å². The summed E-state index contributed by atoms with van der Waals surface area (Å²) in [6.07, 6.45) is 5.09. The van der Waals surface area contributed by atoms with Gasteiger partial charge in [0.1, 0.15) is 0 Å². The van der Waals surface area contributed by atoms with E-state index in [4.69, 9.17) is 0 Å². The molecule has 1 aromatic heterocycles. The molecule has 1 aromatic carbocycles. The summed E-state index contributed by atoms with van der Waals surface area (Å²) in [5, 5.41) is 13.7. The Labute approximate surface area is 127 Å². The molecule has 0 fully saturated rings. The number of halogens is 1. The second kappa shape index (κ2) is 6.04. The minimum Gasteiger partial charge on any atom is -0.387 e. The minimum absolute atomic E-state index is 0.332. The lowest BCUT2D eigenvalue weighted by Crippen LogP contribution is -2.25. The van der Waals surface area contributed by atoms with Crippen molar-refractivity contribution in [3.8, 4) is 0 Å². The largest absolute Gasteiger partial charge is 0.387 e. The molecule has 0 amide bonds. The number of pyridine rings is 1. The molecule has 20 heavy (non-hydrogen) atoms. The highest BCUT2D eigenvalue weighted by Crippen LogP contribution is 2.35. The average molecular weight is 333 g/mol. The van der Waals surface area contributed by atoms with E-state index in [2.05, 4.69) is 44.4 Å². The lowest BCUT2D eigenvalue weighted by molar-refractivity contribution is 0.169. The molecule has 1 aliphatic carbocycles. The van der Waals surface area contributed by atoms with Crippen molar-refractivity contribution < 1.29 is 5.11 Å². The Morgan fingerprint density at radius 3 is 2.90 bits per heavy atom. The van der Waals surface area contributed by atoms with Crippen LogP contribution in [-0.4, -0.2) is 16.6 Å². The summed E-state index contributed by atoms with van der Waals surface area (Å²) in [5.41, 5.74) is 3.64. The quantitative estimate of drug-likeness (QED) is 0.903. The van der Waals surface area contributed by atoms with E-state index in [-0.39, 0.29) is 0 Å². The Hall–Kier alpha value is -1.23. The second-order valence-electron chi connectivity index (χ2n) is 5.10. The monoisotopic (exact) mass is 332 g/mol. The zero-order chi connectivity index (χ0) is 13.9. The maximum absolute atomic E-state index is 10.2. The van der Waals surface area contributed by atoms with Gasteiger partial charge in [0.2, 0.25) is 0 Å². The Bertz CT molecular complexity index is 588. The van der Waals surface area contributed by atoms with Crippen LogP contribution in [0, 0.1) is 0 Å². The van der Waals surface area contributed by atoms with Gasteiger partial charge in [-0.2, -0.15) is 0 Å². The van der Waals surface area contributed by atoms with E-state index in [1.807, 2.05) is 12.1 Å². The third-order valence-electron chi connectivity index (χ3n) is 3.86. The number of hydrogen-bond donors (Lipinski definition) is 2. The molecule has 104 valence electrons. The third kappa shape index (κ3) is 2.77. The van der Waals surface area contributed by atoms with Gasteiger partial charge in [-0.1, -0.05) is 28.1 Å². The van der Waals surface area contributed by atoms with Crippen molar-refractivity contribution in [2.75, 3.05) is 6.54 Å². The lowest BCUT2D eigenvalue weighted by Gasteiger charge is -2.17. The van der Waals surface area contributed by atoms with Gasteiger partial charge >= 0.3 is 0 Å². The van der Waals surface area contributed by atoms with Crippen molar-refractivity contribution in [3.63, 3.8) is 0 Å². The Morgan fingerprint density at radius 2 is 2.10 bits per heavy atom. The predicted octanol–water partition coefficient (Wildman–Crippen LogP) is 3.15. The standard InChI is InChI=1S/C16H17BrN2O/c17-14-3-1-2-13-12(14)4-5-15(13)19-10-16(20)11-6-8-18-9-7-11/h1-3,6-9,15-16,19-20H,4-5,10H2/t15-,16+/m0/s1. The van der Waals surface area contributed by atoms with Gasteiger partial charge in [-0.15, -0.1) is 0 Å². The first-order valence-electron chi connectivity index (χ1n) is 6.84. The second-order valence-corrected chi connectivity index (χ2v) is 5.96. The minimum atomic E-state index is -0.491. The zero-order valence-electron chi connectivity index (χ0n) is 11.1. The summed E-state index contributed by atoms with van der Waals surface area (Å²) in [6, 6.07) is 10.4. The molecule has 0 bridgehead atoms. The molecule has 0 unspecified atom stereocenters. The Balaban J connectivity index is 1.65. The van der Waals surface area contributed by atoms with E-state index < -0.39 is 6.10 Å². The first-order valence-corrected chi connectivity index (χ1v) is 7.63. The summed E-state index contributed by atoms with van der Waals surface area (Å²) >= 11 is 3.61. The van der Waals surface area contributed by atoms with Crippen LogP contribution in [0.25, 0.3) is 0 Å². The van der Waals surface area contributed by atoms with Crippen LogP contribution >= 0.6 is 15.9 Å². The fraction of sp³-hybridized carbons (Fsp3) is 0.312. The highest BCUT2D eigenvalue weighted by atomic mass is 79.9. The highest BCUT2D eigenvalue weighted by Gasteiger charge is 2.24. The van der Waals surface area contributed by atoms with Crippen LogP contribution in [0.4, 0.5) is 0 Å². The Kier molecular flexibility index (Phi) is 4.15. The smallest absolute Gasteiger partial charge is 0.0915 e. The molecule has 0 radical (unpaired) electrons. The first kappa shape index (κ1) is 13.7. The maximum Gasteiger partial charge on any atom is 0.0915 e. The predicted molar refractivity (Wildman–Crippen MR) is 82.4 cm³/mol. The van der Waals surface area contributed by atoms with Crippen molar-refractivity contribution >= 4 is 15.9 Å². The lowest BCUT2D eigenvalue weighted by atomic mass is 10.1. The molecule has 1 heterocycles. The summed E-state index contributed by atoms with van der Waals surface area (Å²) in [4.78, 5) is 3.97. The van der Waals surface area contributed by atoms with Crippen molar-refractivity contribution in [1.29, 1.82) is 0 Å². The van der Waals surface area contributed by atoms with E-state index in [9.17, 15) is 5.11 Å². The number of nitrogens with one attached hydrogen (secondary N) is 1. The molecule has 0 spiro atoms. The van der Waals surface area contributed by atoms with Crippen molar-refractivity contribution in [2.45, 2.75) is 25.0 Å². The number of hydrogen-bond acceptors (Lipinski definition) is 3. The summed E-state index contributed by atoms with van der Waals surface area (Å²) < 4.78 is 1.19. The average Bonchev–Trinajstić information content (AvgIpc) is 2.90. The van der Waals surface area contributed by atoms with Gasteiger partial charge in [-0.25, -0.2) is 0 Å². The topological polar surface area (TPSA) is 45.1 Å². The summed E-state index contributed by atoms with van der Waals surface area (Å²) in [7, 11) is 0. The number of aromatic nitrogens is 1. The number of benzene rings is 1. The van der Waals surface area contributed by atoms with Gasteiger partial charge < -0.3 is 10.4 Å². The fourth-order valence-corrected chi connectivity index (χ4v) is 3.36. The number of aliphatic hydroxyl groups is 1. The zero-order valence-corrected chi connectivity index (χ0v) is 12.7. The molecule has 0 saturated carbocycles. The van der Waals surface area contributed by atoms with Gasteiger partial charge in [0.05, 0.1) is 6.10 Å². The molecular weight excluding hydrogens is 316 g/mol. The molecule has 2 aromatic rings. The van der Waals surface area contributed by atoms with Gasteiger partial charge in [-0.3, -0.25) is 4.98 Å². The molecule has 2 atom stereocenters. The molecule has 0 saturated heterocycles. The van der Waals surface area contributed by atoms with E-state index >= 15 is 0 Å². The van der Waals surface area contributed by atoms with E-state index in [0.29, 0.717) is 12.6 Å². The van der Waals surface area contributed by atoms with Crippen LogP contribution in [0.5, 0.6) is 0 Å². The van der Waals surface area contributed by atoms with Crippen LogP contribution in [0.2, 0.25) is 0 Å². The molecule has 1 aliphatic rings. The molecule has 4 heteroatoms. The van der Waals surface area contributed by atoms with Crippen LogP contribution in [0.15, 0.2) is 47.2 Å². The number of fused-ring (bicyclic) bond motifs is 1. The van der Waals surface area contributed by atoms with Crippen LogP contribution < -0.4 is 5.32 Å². The Morgan fingerprint density at radius 1 is 1.30 bits per heavy atom. The van der Waals surface area contributed by atoms with Crippen LogP contribution in [0.1, 0.15) is 35.3 Å². The van der Waals surface area contributed by atoms with Gasteiger partial charge in [0.25, 0.3) is 0 Å². The van der Waals surface area contributed by atoms with E-state index in [1.165, 1.54) is 15.6 Å². The number of nitrogens with zero attached hydrogens (tertiary/aromatic N) is 1. The first-order chi connectivity index (χ1) is 9.75. The fourth-order valence-electron chi connectivity index (χ4n) is 2.78. The highest BCUT2D eigenvalue weighted by molar-refractivity contribution is 9.10. The normalized spacial score (nSPS) is 18.8. The molecular formula is C16H17BrN2O. The van der Waals surface area contributed by atoms with E-state index in [0.717, 1.165) is 18.4 Å². The molecule has 2 N–H and O–H groups in total. The number of rotatable bonds is 4. The molecule has 3 rings (SSSR count). The van der Waals surface area contributed by atoms with Gasteiger partial charge in [0.15, 0.2) is 0 Å². The summed E-state index contributed by atoms with van der Waals surface area (Å²) in [6.45, 7) is 0.556. The van der Waals surface area contributed by atoms with Crippen molar-refractivity contribution in [3.05, 3.63) is 63.9 Å². The SMILES string of the molecule is O[C@H](CN[C@H]1CCc2c(Br)cccc21)c1ccncc1. The van der Waals surface area contributed by atoms with Crippen LogP contribution in [-0.2, 0) is 6.42 Å². The van der Waals surface area contributed by atoms with Gasteiger partial charge in [-0.05, 0) is 47.7 Å². The number of aliphatic hydroxyl groups excluding tert-OH is 1. The molecule has 3 nitrogen and oxygen atoms in total. The third-order valence-corrected chi connectivity index (χ3v) is 4.60. The van der Waals surface area contributed by atoms with E-state index in [1.54, 1.807) is 12.4 Å². The van der Waals surface area contributed by atoms with Gasteiger partial charge in [0, 0.05) is 29.5 Å². The summed E-state index contributed by atoms with van der Waals surface area (Å²) in [5.74, 6) is 0. The maximum atomic E-state index is 10.2. The van der Waals surface area contributed by atoms with Crippen molar-refractivity contribution in [1.82, 2.24) is 10.3 Å². The molecule has 0 aliphatic heterocycles. The van der Waals surface area contributed by atoms with Crippen LogP contribution in [0.3, 0.4) is 0 Å².